The third kappa shape index (κ3) is 5.30. The second-order valence-corrected chi connectivity index (χ2v) is 12.0. The standard InChI is InChI=1S/C18H27NO6S2/c1-5-25-17(20)10-19-15-11-26(21,22)12-16(15)27(23,24)14-8-6-13(7-9-14)18(2,3)4/h6-9,15-16,19H,5,10-12H2,1-4H3/t15-,16-/m0/s1. The first-order chi connectivity index (χ1) is 12.4. The summed E-state index contributed by atoms with van der Waals surface area (Å²) in [5, 5.41) is 1.61. The highest BCUT2D eigenvalue weighted by atomic mass is 32.2. The van der Waals surface area contributed by atoms with Gasteiger partial charge in [0.05, 0.1) is 34.8 Å². The van der Waals surface area contributed by atoms with Crippen molar-refractivity contribution < 1.29 is 26.4 Å². The maximum absolute atomic E-state index is 13.0. The Morgan fingerprint density at radius 1 is 1.19 bits per heavy atom. The normalized spacial score (nSPS) is 22.5. The van der Waals surface area contributed by atoms with Crippen LogP contribution in [-0.4, -0.2) is 58.8 Å². The fourth-order valence-electron chi connectivity index (χ4n) is 3.06. The van der Waals surface area contributed by atoms with E-state index >= 15 is 0 Å². The highest BCUT2D eigenvalue weighted by molar-refractivity contribution is 7.96. The number of hydrogen-bond acceptors (Lipinski definition) is 7. The van der Waals surface area contributed by atoms with Crippen molar-refractivity contribution in [1.29, 1.82) is 0 Å². The van der Waals surface area contributed by atoms with Crippen molar-refractivity contribution in [2.75, 3.05) is 24.7 Å². The summed E-state index contributed by atoms with van der Waals surface area (Å²) in [4.78, 5) is 11.6. The van der Waals surface area contributed by atoms with Crippen molar-refractivity contribution in [1.82, 2.24) is 5.32 Å². The van der Waals surface area contributed by atoms with Crippen LogP contribution in [0.1, 0.15) is 33.3 Å². The quantitative estimate of drug-likeness (QED) is 0.690. The molecule has 1 aliphatic rings. The number of benzene rings is 1. The maximum Gasteiger partial charge on any atom is 0.319 e. The van der Waals surface area contributed by atoms with Crippen LogP contribution in [-0.2, 0) is 34.6 Å². The molecular formula is C18H27NO6S2. The van der Waals surface area contributed by atoms with E-state index in [1.165, 1.54) is 12.1 Å². The lowest BCUT2D eigenvalue weighted by Gasteiger charge is -2.21. The molecule has 0 bridgehead atoms. The van der Waals surface area contributed by atoms with Crippen molar-refractivity contribution >= 4 is 25.6 Å². The molecule has 0 aromatic heterocycles. The minimum atomic E-state index is -3.88. The topological polar surface area (TPSA) is 107 Å². The molecule has 0 spiro atoms. The number of carbonyl (C=O) groups excluding carboxylic acids is 1. The lowest BCUT2D eigenvalue weighted by atomic mass is 9.87. The summed E-state index contributed by atoms with van der Waals surface area (Å²) in [5.74, 6) is -1.33. The molecule has 152 valence electrons. The van der Waals surface area contributed by atoms with E-state index in [2.05, 4.69) is 5.32 Å². The lowest BCUT2D eigenvalue weighted by molar-refractivity contribution is -0.142. The Morgan fingerprint density at radius 3 is 2.30 bits per heavy atom. The van der Waals surface area contributed by atoms with E-state index in [1.807, 2.05) is 20.8 Å². The summed E-state index contributed by atoms with van der Waals surface area (Å²) in [6, 6.07) is 5.67. The van der Waals surface area contributed by atoms with Crippen LogP contribution >= 0.6 is 0 Å². The Balaban J connectivity index is 2.27. The molecule has 1 saturated heterocycles. The van der Waals surface area contributed by atoms with E-state index in [0.717, 1.165) is 5.56 Å². The van der Waals surface area contributed by atoms with Gasteiger partial charge in [-0.05, 0) is 30.0 Å². The molecular weight excluding hydrogens is 390 g/mol. The highest BCUT2D eigenvalue weighted by Crippen LogP contribution is 2.28. The van der Waals surface area contributed by atoms with E-state index in [4.69, 9.17) is 4.74 Å². The first-order valence-corrected chi connectivity index (χ1v) is 12.2. The van der Waals surface area contributed by atoms with Gasteiger partial charge >= 0.3 is 5.97 Å². The fraction of sp³-hybridized carbons (Fsp3) is 0.611. The molecule has 0 unspecified atom stereocenters. The molecule has 27 heavy (non-hydrogen) atoms. The van der Waals surface area contributed by atoms with E-state index in [9.17, 15) is 21.6 Å². The minimum absolute atomic E-state index is 0.0838. The van der Waals surface area contributed by atoms with Gasteiger partial charge in [0.15, 0.2) is 19.7 Å². The van der Waals surface area contributed by atoms with Gasteiger partial charge in [0.2, 0.25) is 0 Å². The summed E-state index contributed by atoms with van der Waals surface area (Å²) >= 11 is 0. The molecule has 2 rings (SSSR count). The summed E-state index contributed by atoms with van der Waals surface area (Å²) in [6.07, 6.45) is 0. The van der Waals surface area contributed by atoms with Crippen molar-refractivity contribution in [2.45, 2.75) is 49.3 Å². The molecule has 1 fully saturated rings. The molecule has 9 heteroatoms. The molecule has 7 nitrogen and oxygen atoms in total. The van der Waals surface area contributed by atoms with Crippen LogP contribution in [0.2, 0.25) is 0 Å². The molecule has 1 aromatic carbocycles. The lowest BCUT2D eigenvalue weighted by Crippen LogP contribution is -2.45. The smallest absolute Gasteiger partial charge is 0.319 e. The SMILES string of the molecule is CCOC(=O)CN[C@H]1CS(=O)(=O)C[C@@H]1S(=O)(=O)c1ccc(C(C)(C)C)cc1. The molecule has 0 aliphatic carbocycles. The Bertz CT molecular complexity index is 883. The highest BCUT2D eigenvalue weighted by Gasteiger charge is 2.45. The molecule has 1 N–H and O–H groups in total. The predicted molar refractivity (Wildman–Crippen MR) is 103 cm³/mol. The van der Waals surface area contributed by atoms with Crippen molar-refractivity contribution in [3.8, 4) is 0 Å². The Morgan fingerprint density at radius 2 is 1.78 bits per heavy atom. The average Bonchev–Trinajstić information content (AvgIpc) is 2.88. The zero-order valence-corrected chi connectivity index (χ0v) is 17.7. The van der Waals surface area contributed by atoms with Crippen LogP contribution in [0.3, 0.4) is 0 Å². The summed E-state index contributed by atoms with van der Waals surface area (Å²) in [5.41, 5.74) is 0.861. The van der Waals surface area contributed by atoms with Crippen molar-refractivity contribution in [3.63, 3.8) is 0 Å². The second-order valence-electron chi connectivity index (χ2n) is 7.73. The number of ether oxygens (including phenoxy) is 1. The monoisotopic (exact) mass is 417 g/mol. The number of nitrogens with one attached hydrogen (secondary N) is 1. The van der Waals surface area contributed by atoms with Gasteiger partial charge in [-0.1, -0.05) is 32.9 Å². The third-order valence-corrected chi connectivity index (χ3v) is 8.73. The number of rotatable bonds is 6. The predicted octanol–water partition coefficient (Wildman–Crippen LogP) is 1.08. The summed E-state index contributed by atoms with van der Waals surface area (Å²) in [7, 11) is -7.40. The second kappa shape index (κ2) is 7.89. The molecule has 2 atom stereocenters. The van der Waals surface area contributed by atoms with Gasteiger partial charge in [0.1, 0.15) is 0 Å². The number of sulfone groups is 2. The first kappa shape index (κ1) is 21.8. The average molecular weight is 418 g/mol. The maximum atomic E-state index is 13.0. The summed E-state index contributed by atoms with van der Waals surface area (Å²) in [6.45, 7) is 7.70. The van der Waals surface area contributed by atoms with Crippen LogP contribution in [0, 0.1) is 0 Å². The summed E-state index contributed by atoms with van der Waals surface area (Å²) < 4.78 is 55.0. The van der Waals surface area contributed by atoms with E-state index in [0.29, 0.717) is 0 Å². The number of hydrogen-bond donors (Lipinski definition) is 1. The Hall–Kier alpha value is -1.45. The zero-order chi connectivity index (χ0) is 20.5. The van der Waals surface area contributed by atoms with Gasteiger partial charge in [0.25, 0.3) is 0 Å². The van der Waals surface area contributed by atoms with E-state index < -0.39 is 42.7 Å². The molecule has 1 aliphatic heterocycles. The van der Waals surface area contributed by atoms with Crippen LogP contribution in [0.5, 0.6) is 0 Å². The van der Waals surface area contributed by atoms with E-state index in [1.54, 1.807) is 19.1 Å². The van der Waals surface area contributed by atoms with Gasteiger partial charge < -0.3 is 10.1 Å². The van der Waals surface area contributed by atoms with Gasteiger partial charge in [-0.25, -0.2) is 16.8 Å². The van der Waals surface area contributed by atoms with Gasteiger partial charge in [0, 0.05) is 6.04 Å². The molecule has 0 amide bonds. The van der Waals surface area contributed by atoms with Gasteiger partial charge in [-0.3, -0.25) is 4.79 Å². The number of esters is 1. The number of carbonyl (C=O) groups is 1. The van der Waals surface area contributed by atoms with Crippen LogP contribution in [0.15, 0.2) is 29.2 Å². The Labute approximate surface area is 161 Å². The van der Waals surface area contributed by atoms with Gasteiger partial charge in [-0.2, -0.15) is 0 Å². The Kier molecular flexibility index (Phi) is 6.38. The van der Waals surface area contributed by atoms with E-state index in [-0.39, 0.29) is 29.2 Å². The van der Waals surface area contributed by atoms with Gasteiger partial charge in [-0.15, -0.1) is 0 Å². The molecule has 0 radical (unpaired) electrons. The van der Waals surface area contributed by atoms with Crippen molar-refractivity contribution in [2.24, 2.45) is 0 Å². The molecule has 1 aromatic rings. The zero-order valence-electron chi connectivity index (χ0n) is 16.1. The fourth-order valence-corrected chi connectivity index (χ4v) is 7.77. The van der Waals surface area contributed by atoms with Crippen LogP contribution in [0.25, 0.3) is 0 Å². The molecule has 1 heterocycles. The van der Waals surface area contributed by atoms with Crippen LogP contribution < -0.4 is 5.32 Å². The van der Waals surface area contributed by atoms with Crippen molar-refractivity contribution in [3.05, 3.63) is 29.8 Å². The largest absolute Gasteiger partial charge is 0.465 e. The molecule has 0 saturated carbocycles. The minimum Gasteiger partial charge on any atom is -0.465 e. The first-order valence-electron chi connectivity index (χ1n) is 8.80. The third-order valence-electron chi connectivity index (χ3n) is 4.56. The van der Waals surface area contributed by atoms with Crippen LogP contribution in [0.4, 0.5) is 0 Å².